The van der Waals surface area contributed by atoms with Crippen LogP contribution in [0.4, 0.5) is 0 Å². The number of ether oxygens (including phenoxy) is 1. The van der Waals surface area contributed by atoms with Crippen molar-refractivity contribution in [2.45, 2.75) is 31.2 Å². The summed E-state index contributed by atoms with van der Waals surface area (Å²) in [6, 6.07) is 21.4. The molecular weight excluding hydrogens is 518 g/mol. The van der Waals surface area contributed by atoms with Gasteiger partial charge in [0.25, 0.3) is 0 Å². The van der Waals surface area contributed by atoms with Gasteiger partial charge in [-0.05, 0) is 49.6 Å². The molecule has 0 bridgehead atoms. The number of carbonyl (C=O) groups is 1. The summed E-state index contributed by atoms with van der Waals surface area (Å²) in [5, 5.41) is 10.9. The van der Waals surface area contributed by atoms with Crippen molar-refractivity contribution < 1.29 is 27.5 Å². The number of fused-ring (bicyclic) bond motifs is 2. The Morgan fingerprint density at radius 1 is 0.974 bits per heavy atom. The van der Waals surface area contributed by atoms with E-state index in [2.05, 4.69) is 4.72 Å². The zero-order valence-corrected chi connectivity index (χ0v) is 22.0. The van der Waals surface area contributed by atoms with Crippen molar-refractivity contribution in [2.75, 3.05) is 0 Å². The summed E-state index contributed by atoms with van der Waals surface area (Å²) in [5.41, 5.74) is 2.29. The van der Waals surface area contributed by atoms with Crippen LogP contribution in [-0.2, 0) is 21.2 Å². The van der Waals surface area contributed by atoms with E-state index >= 15 is 0 Å². The van der Waals surface area contributed by atoms with Crippen molar-refractivity contribution in [3.63, 3.8) is 0 Å². The molecule has 39 heavy (non-hydrogen) atoms. The van der Waals surface area contributed by atoms with Crippen LogP contribution in [0.15, 0.2) is 99.0 Å². The lowest BCUT2D eigenvalue weighted by molar-refractivity contribution is -0.136. The third kappa shape index (κ3) is 5.41. The maximum Gasteiger partial charge on any atom is 0.329 e. The van der Waals surface area contributed by atoms with Gasteiger partial charge in [-0.25, -0.2) is 13.2 Å². The molecule has 5 aromatic rings. The molecule has 0 saturated heterocycles. The van der Waals surface area contributed by atoms with Crippen LogP contribution < -0.4 is 14.9 Å². The molecule has 0 saturated carbocycles. The third-order valence-electron chi connectivity index (χ3n) is 6.36. The fraction of sp³-hybridized carbons (Fsp3) is 0.133. The van der Waals surface area contributed by atoms with Gasteiger partial charge in [0.2, 0.25) is 15.5 Å². The maximum absolute atomic E-state index is 13.3. The van der Waals surface area contributed by atoms with Crippen LogP contribution in [0.25, 0.3) is 21.9 Å². The highest BCUT2D eigenvalue weighted by Crippen LogP contribution is 2.31. The summed E-state index contributed by atoms with van der Waals surface area (Å²) in [5.74, 6) is -1.42. The van der Waals surface area contributed by atoms with E-state index in [1.54, 1.807) is 61.5 Å². The van der Waals surface area contributed by atoms with Gasteiger partial charge in [-0.15, -0.1) is 0 Å². The van der Waals surface area contributed by atoms with E-state index in [1.807, 2.05) is 13.0 Å². The van der Waals surface area contributed by atoms with Crippen LogP contribution in [0.3, 0.4) is 0 Å². The average Bonchev–Trinajstić information content (AvgIpc) is 2.89. The molecular formula is C30H25NO7S. The number of para-hydroxylation sites is 1. The zero-order chi connectivity index (χ0) is 27.7. The van der Waals surface area contributed by atoms with E-state index in [1.165, 1.54) is 18.2 Å². The number of phenols is 1. The smallest absolute Gasteiger partial charge is 0.329 e. The van der Waals surface area contributed by atoms with E-state index in [4.69, 9.17) is 9.15 Å². The molecule has 0 spiro atoms. The minimum atomic E-state index is -4.07. The number of hydrogen-bond donors (Lipinski definition) is 2. The van der Waals surface area contributed by atoms with Gasteiger partial charge in [-0.2, -0.15) is 4.72 Å². The number of benzene rings is 4. The third-order valence-corrected chi connectivity index (χ3v) is 7.85. The van der Waals surface area contributed by atoms with Crippen molar-refractivity contribution in [3.05, 3.63) is 112 Å². The van der Waals surface area contributed by atoms with Crippen molar-refractivity contribution in [3.8, 4) is 11.5 Å². The molecule has 0 radical (unpaired) electrons. The number of phenolic OH excluding ortho intramolecular Hbond substituents is 1. The molecule has 9 heteroatoms. The molecule has 0 aliphatic heterocycles. The Balaban J connectivity index is 1.50. The van der Waals surface area contributed by atoms with Crippen LogP contribution in [0, 0.1) is 13.8 Å². The highest BCUT2D eigenvalue weighted by Gasteiger charge is 2.28. The first-order chi connectivity index (χ1) is 18.6. The Morgan fingerprint density at radius 3 is 2.41 bits per heavy atom. The number of aryl methyl sites for hydroxylation is 2. The van der Waals surface area contributed by atoms with E-state index in [9.17, 15) is 23.1 Å². The average molecular weight is 544 g/mol. The molecule has 0 aliphatic carbocycles. The van der Waals surface area contributed by atoms with E-state index in [-0.39, 0.29) is 28.0 Å². The molecule has 0 aliphatic rings. The number of nitrogens with one attached hydrogen (secondary N) is 1. The van der Waals surface area contributed by atoms with Crippen LogP contribution in [0.1, 0.15) is 16.7 Å². The second-order valence-corrected chi connectivity index (χ2v) is 11.0. The zero-order valence-electron chi connectivity index (χ0n) is 21.2. The van der Waals surface area contributed by atoms with Gasteiger partial charge in [0.05, 0.1) is 10.3 Å². The largest absolute Gasteiger partial charge is 0.507 e. The van der Waals surface area contributed by atoms with Crippen molar-refractivity contribution in [1.29, 1.82) is 0 Å². The number of rotatable bonds is 7. The number of aromatic hydroxyl groups is 1. The molecule has 0 fully saturated rings. The second kappa shape index (κ2) is 10.4. The van der Waals surface area contributed by atoms with Gasteiger partial charge in [0.15, 0.2) is 0 Å². The second-order valence-electron chi connectivity index (χ2n) is 9.30. The molecule has 1 unspecified atom stereocenters. The lowest BCUT2D eigenvalue weighted by Crippen LogP contribution is -2.44. The number of hydrogen-bond acceptors (Lipinski definition) is 7. The predicted molar refractivity (Wildman–Crippen MR) is 147 cm³/mol. The maximum atomic E-state index is 13.3. The Kier molecular flexibility index (Phi) is 6.94. The molecule has 4 aromatic carbocycles. The Labute approximate surface area is 224 Å². The molecule has 0 amide bonds. The first-order valence-electron chi connectivity index (χ1n) is 12.2. The topological polar surface area (TPSA) is 123 Å². The molecule has 1 heterocycles. The summed E-state index contributed by atoms with van der Waals surface area (Å²) < 4.78 is 40.1. The lowest BCUT2D eigenvalue weighted by Gasteiger charge is -2.18. The summed E-state index contributed by atoms with van der Waals surface area (Å²) in [7, 11) is -4.07. The summed E-state index contributed by atoms with van der Waals surface area (Å²) >= 11 is 0. The molecule has 198 valence electrons. The van der Waals surface area contributed by atoms with Crippen LogP contribution in [0.5, 0.6) is 11.5 Å². The van der Waals surface area contributed by atoms with Gasteiger partial charge in [0.1, 0.15) is 34.1 Å². The highest BCUT2D eigenvalue weighted by atomic mass is 32.2. The van der Waals surface area contributed by atoms with Crippen molar-refractivity contribution in [1.82, 2.24) is 4.72 Å². The van der Waals surface area contributed by atoms with Crippen LogP contribution in [-0.4, -0.2) is 25.5 Å². The quantitative estimate of drug-likeness (QED) is 0.172. The van der Waals surface area contributed by atoms with Gasteiger partial charge in [-0.3, -0.25) is 4.79 Å². The molecule has 1 atom stereocenters. The van der Waals surface area contributed by atoms with E-state index < -0.39 is 33.2 Å². The fourth-order valence-electron chi connectivity index (χ4n) is 4.34. The van der Waals surface area contributed by atoms with Crippen molar-refractivity contribution >= 4 is 37.9 Å². The summed E-state index contributed by atoms with van der Waals surface area (Å²) in [4.78, 5) is 26.4. The first-order valence-corrected chi connectivity index (χ1v) is 13.6. The Bertz CT molecular complexity index is 1860. The van der Waals surface area contributed by atoms with E-state index in [0.717, 1.165) is 17.2 Å². The minimum absolute atomic E-state index is 0.00587. The number of carbonyl (C=O) groups excluding carboxylic acids is 1. The molecule has 5 rings (SSSR count). The van der Waals surface area contributed by atoms with Gasteiger partial charge >= 0.3 is 5.97 Å². The van der Waals surface area contributed by atoms with Gasteiger partial charge in [-0.1, -0.05) is 60.2 Å². The summed E-state index contributed by atoms with van der Waals surface area (Å²) in [6.07, 6.45) is 0.0171. The molecule has 8 nitrogen and oxygen atoms in total. The van der Waals surface area contributed by atoms with Crippen LogP contribution >= 0.6 is 0 Å². The van der Waals surface area contributed by atoms with Gasteiger partial charge in [0, 0.05) is 12.1 Å². The number of esters is 1. The minimum Gasteiger partial charge on any atom is -0.507 e. The van der Waals surface area contributed by atoms with E-state index in [0.29, 0.717) is 16.5 Å². The van der Waals surface area contributed by atoms with Crippen LogP contribution in [0.2, 0.25) is 0 Å². The highest BCUT2D eigenvalue weighted by molar-refractivity contribution is 7.89. The fourth-order valence-corrected chi connectivity index (χ4v) is 5.52. The monoisotopic (exact) mass is 543 g/mol. The first kappa shape index (κ1) is 26.1. The molecule has 2 N–H and O–H groups in total. The lowest BCUT2D eigenvalue weighted by atomic mass is 10.1. The predicted octanol–water partition coefficient (Wildman–Crippen LogP) is 4.76. The SMILES string of the molecule is Cc1ccc(S(=O)(=O)NC(Cc2ccccc2)C(=O)Oc2cc(O)c3c(=O)c4cccc(C)c4oc3c2)cc1. The molecule has 1 aromatic heterocycles. The normalized spacial score (nSPS) is 12.5. The summed E-state index contributed by atoms with van der Waals surface area (Å²) in [6.45, 7) is 3.62. The number of sulfonamides is 1. The standard InChI is InChI=1S/C30H25NO7S/c1-18-11-13-22(14-12-18)39(35,36)31-24(15-20-8-4-3-5-9-20)30(34)37-21-16-25(32)27-26(17-21)38-29-19(2)7-6-10-23(29)28(27)33/h3-14,16-17,24,31-32H,15H2,1-2H3. The van der Waals surface area contributed by atoms with Gasteiger partial charge < -0.3 is 14.3 Å². The Morgan fingerprint density at radius 2 is 1.69 bits per heavy atom. The van der Waals surface area contributed by atoms with Crippen molar-refractivity contribution in [2.24, 2.45) is 0 Å². The Hall–Kier alpha value is -4.47.